The lowest BCUT2D eigenvalue weighted by atomic mass is 10.2. The molecule has 7 nitrogen and oxygen atoms in total. The van der Waals surface area contributed by atoms with Gasteiger partial charge in [0.05, 0.1) is 19.7 Å². The van der Waals surface area contributed by atoms with E-state index in [2.05, 4.69) is 5.32 Å². The molecule has 0 spiro atoms. The number of carbonyl (C=O) groups is 1. The van der Waals surface area contributed by atoms with Gasteiger partial charge in [0.15, 0.2) is 11.5 Å². The Balaban J connectivity index is 1.35. The van der Waals surface area contributed by atoms with E-state index in [0.717, 1.165) is 29.5 Å². The predicted octanol–water partition coefficient (Wildman–Crippen LogP) is 2.74. The molecule has 0 radical (unpaired) electrons. The van der Waals surface area contributed by atoms with E-state index in [1.807, 2.05) is 67.3 Å². The maximum absolute atomic E-state index is 12.3. The number of nitrogens with one attached hydrogen (secondary N) is 1. The highest BCUT2D eigenvalue weighted by molar-refractivity contribution is 5.78. The fraction of sp³-hybridized carbons (Fsp3) is 0.435. The molecule has 0 fully saturated rings. The van der Waals surface area contributed by atoms with E-state index in [4.69, 9.17) is 18.9 Å². The molecule has 3 rings (SSSR count). The summed E-state index contributed by atoms with van der Waals surface area (Å²) in [5, 5.41) is 2.90. The number of ether oxygens (including phenoxy) is 4. The summed E-state index contributed by atoms with van der Waals surface area (Å²) >= 11 is 0. The summed E-state index contributed by atoms with van der Waals surface area (Å²) in [6.45, 7) is 7.61. The van der Waals surface area contributed by atoms with Gasteiger partial charge in [0.25, 0.3) is 0 Å². The average Bonchev–Trinajstić information content (AvgIpc) is 2.77. The van der Waals surface area contributed by atoms with Gasteiger partial charge >= 0.3 is 0 Å². The minimum absolute atomic E-state index is 0.0377. The molecule has 0 aliphatic carbocycles. The van der Waals surface area contributed by atoms with Crippen molar-refractivity contribution in [2.24, 2.45) is 0 Å². The van der Waals surface area contributed by atoms with Crippen molar-refractivity contribution < 1.29 is 23.7 Å². The van der Waals surface area contributed by atoms with Crippen molar-refractivity contribution >= 4 is 5.91 Å². The summed E-state index contributed by atoms with van der Waals surface area (Å²) < 4.78 is 22.8. The fourth-order valence-electron chi connectivity index (χ4n) is 3.16. The van der Waals surface area contributed by atoms with E-state index >= 15 is 0 Å². The van der Waals surface area contributed by atoms with Crippen LogP contribution >= 0.6 is 0 Å². The molecule has 1 aliphatic heterocycles. The first-order valence-corrected chi connectivity index (χ1v) is 10.4. The SMILES string of the molecule is CCOc1ccc(OCCNC(=O)CN(CC)CC2COc3ccccc3O2)cc1. The highest BCUT2D eigenvalue weighted by Gasteiger charge is 2.23. The minimum Gasteiger partial charge on any atom is -0.494 e. The van der Waals surface area contributed by atoms with Crippen molar-refractivity contribution in [3.05, 3.63) is 48.5 Å². The molecule has 1 unspecified atom stereocenters. The monoisotopic (exact) mass is 414 g/mol. The molecule has 0 bridgehead atoms. The van der Waals surface area contributed by atoms with Crippen molar-refractivity contribution in [3.63, 3.8) is 0 Å². The molecule has 1 atom stereocenters. The van der Waals surface area contributed by atoms with Crippen LogP contribution in [0.25, 0.3) is 0 Å². The van der Waals surface area contributed by atoms with Gasteiger partial charge in [-0.15, -0.1) is 0 Å². The second kappa shape index (κ2) is 11.3. The summed E-state index contributed by atoms with van der Waals surface area (Å²) in [4.78, 5) is 14.3. The molecule has 7 heteroatoms. The minimum atomic E-state index is -0.101. The third kappa shape index (κ3) is 6.56. The largest absolute Gasteiger partial charge is 0.494 e. The van der Waals surface area contributed by atoms with Gasteiger partial charge in [0, 0.05) is 6.54 Å². The molecular weight excluding hydrogens is 384 g/mol. The first-order chi connectivity index (χ1) is 14.7. The highest BCUT2D eigenvalue weighted by Crippen LogP contribution is 2.30. The smallest absolute Gasteiger partial charge is 0.234 e. The first kappa shape index (κ1) is 21.8. The van der Waals surface area contributed by atoms with Crippen LogP contribution in [0.15, 0.2) is 48.5 Å². The molecule has 0 saturated carbocycles. The van der Waals surface area contributed by atoms with Gasteiger partial charge in [-0.2, -0.15) is 0 Å². The quantitative estimate of drug-likeness (QED) is 0.570. The Bertz CT molecular complexity index is 796. The van der Waals surface area contributed by atoms with Crippen LogP contribution in [0, 0.1) is 0 Å². The van der Waals surface area contributed by atoms with E-state index in [1.54, 1.807) is 0 Å². The third-order valence-electron chi connectivity index (χ3n) is 4.67. The molecule has 1 aliphatic rings. The van der Waals surface area contributed by atoms with Crippen molar-refractivity contribution in [2.45, 2.75) is 20.0 Å². The predicted molar refractivity (Wildman–Crippen MR) is 115 cm³/mol. The molecule has 1 N–H and O–H groups in total. The molecule has 162 valence electrons. The van der Waals surface area contributed by atoms with E-state index < -0.39 is 0 Å². The molecule has 1 amide bonds. The van der Waals surface area contributed by atoms with Crippen molar-refractivity contribution in [1.29, 1.82) is 0 Å². The van der Waals surface area contributed by atoms with Gasteiger partial charge in [0.2, 0.25) is 5.91 Å². The van der Waals surface area contributed by atoms with Crippen molar-refractivity contribution in [1.82, 2.24) is 10.2 Å². The van der Waals surface area contributed by atoms with Crippen molar-refractivity contribution in [3.8, 4) is 23.0 Å². The van der Waals surface area contributed by atoms with Crippen LogP contribution in [0.3, 0.4) is 0 Å². The van der Waals surface area contributed by atoms with Gasteiger partial charge in [-0.25, -0.2) is 0 Å². The number of para-hydroxylation sites is 2. The second-order valence-corrected chi connectivity index (χ2v) is 6.93. The third-order valence-corrected chi connectivity index (χ3v) is 4.67. The van der Waals surface area contributed by atoms with E-state index in [-0.39, 0.29) is 12.0 Å². The molecule has 2 aromatic rings. The normalized spacial score (nSPS) is 15.0. The van der Waals surface area contributed by atoms with E-state index in [9.17, 15) is 4.79 Å². The number of benzene rings is 2. The highest BCUT2D eigenvalue weighted by atomic mass is 16.6. The maximum Gasteiger partial charge on any atom is 0.234 e. The van der Waals surface area contributed by atoms with Crippen LogP contribution in [0.2, 0.25) is 0 Å². The second-order valence-electron chi connectivity index (χ2n) is 6.93. The van der Waals surface area contributed by atoms with E-state index in [0.29, 0.717) is 39.5 Å². The average molecular weight is 415 g/mol. The number of nitrogens with zero attached hydrogens (tertiary/aromatic N) is 1. The van der Waals surface area contributed by atoms with Gasteiger partial charge < -0.3 is 24.3 Å². The van der Waals surface area contributed by atoms with Gasteiger partial charge in [-0.1, -0.05) is 19.1 Å². The molecular formula is C23H30N2O5. The Morgan fingerprint density at radius 2 is 1.77 bits per heavy atom. The number of amides is 1. The Morgan fingerprint density at radius 1 is 1.07 bits per heavy atom. The summed E-state index contributed by atoms with van der Waals surface area (Å²) in [5.41, 5.74) is 0. The van der Waals surface area contributed by atoms with Crippen LogP contribution in [0.4, 0.5) is 0 Å². The lowest BCUT2D eigenvalue weighted by molar-refractivity contribution is -0.122. The molecule has 30 heavy (non-hydrogen) atoms. The summed E-state index contributed by atoms with van der Waals surface area (Å²) in [5.74, 6) is 3.04. The molecule has 0 saturated heterocycles. The van der Waals surface area contributed by atoms with Crippen LogP contribution in [-0.2, 0) is 4.79 Å². The molecule has 1 heterocycles. The number of likely N-dealkylation sites (N-methyl/N-ethyl adjacent to an activating group) is 1. The van der Waals surface area contributed by atoms with Crippen LogP contribution in [0.1, 0.15) is 13.8 Å². The van der Waals surface area contributed by atoms with Crippen LogP contribution in [0.5, 0.6) is 23.0 Å². The van der Waals surface area contributed by atoms with E-state index in [1.165, 1.54) is 0 Å². The standard InChI is InChI=1S/C23H30N2O5/c1-3-25(15-20-17-29-21-7-5-6-8-22(21)30-20)16-23(26)24-13-14-28-19-11-9-18(10-12-19)27-4-2/h5-12,20H,3-4,13-17H2,1-2H3,(H,24,26). The number of carbonyl (C=O) groups excluding carboxylic acids is 1. The van der Waals surface area contributed by atoms with Crippen LogP contribution in [-0.4, -0.2) is 62.9 Å². The summed E-state index contributed by atoms with van der Waals surface area (Å²) in [6.07, 6.45) is -0.101. The first-order valence-electron chi connectivity index (χ1n) is 10.4. The summed E-state index contributed by atoms with van der Waals surface area (Å²) in [7, 11) is 0. The topological polar surface area (TPSA) is 69.3 Å². The zero-order valence-corrected chi connectivity index (χ0v) is 17.6. The van der Waals surface area contributed by atoms with Crippen molar-refractivity contribution in [2.75, 3.05) is 46.0 Å². The number of fused-ring (bicyclic) bond motifs is 1. The van der Waals surface area contributed by atoms with Gasteiger partial charge in [-0.3, -0.25) is 9.69 Å². The fourth-order valence-corrected chi connectivity index (χ4v) is 3.16. The lowest BCUT2D eigenvalue weighted by Gasteiger charge is -2.30. The zero-order chi connectivity index (χ0) is 21.2. The van der Waals surface area contributed by atoms with Crippen LogP contribution < -0.4 is 24.3 Å². The Morgan fingerprint density at radius 3 is 2.47 bits per heavy atom. The number of hydrogen-bond donors (Lipinski definition) is 1. The number of rotatable bonds is 11. The Labute approximate surface area is 177 Å². The zero-order valence-electron chi connectivity index (χ0n) is 17.6. The number of hydrogen-bond acceptors (Lipinski definition) is 6. The Kier molecular flexibility index (Phi) is 8.20. The van der Waals surface area contributed by atoms with Gasteiger partial charge in [-0.05, 0) is 49.9 Å². The Hall–Kier alpha value is -2.93. The van der Waals surface area contributed by atoms with Gasteiger partial charge in [0.1, 0.15) is 30.8 Å². The maximum atomic E-state index is 12.3. The summed E-state index contributed by atoms with van der Waals surface area (Å²) in [6, 6.07) is 15.1. The lowest BCUT2D eigenvalue weighted by Crippen LogP contribution is -2.45. The molecule has 2 aromatic carbocycles. The molecule has 0 aromatic heterocycles.